The van der Waals surface area contributed by atoms with Crippen LogP contribution < -0.4 is 10.1 Å². The fourth-order valence-electron chi connectivity index (χ4n) is 2.05. The van der Waals surface area contributed by atoms with Crippen LogP contribution in [0.15, 0.2) is 24.3 Å². The van der Waals surface area contributed by atoms with Crippen LogP contribution in [0, 0.1) is 0 Å². The van der Waals surface area contributed by atoms with Gasteiger partial charge in [-0.25, -0.2) is 0 Å². The van der Waals surface area contributed by atoms with Gasteiger partial charge in [0.2, 0.25) is 5.91 Å². The molecule has 1 aromatic rings. The number of hydrogen-bond donors (Lipinski definition) is 1. The third kappa shape index (κ3) is 7.45. The standard InChI is InChI=1S/C17H23F3N2O3/c1-3-8-21-15(23)11-22(9-4-2)16(24)12-25-14-7-5-6-13(10-14)17(18,19)20/h5-7,10H,3-4,8-9,11-12H2,1-2H3,(H,21,23). The number of carbonyl (C=O) groups is 2. The van der Waals surface area contributed by atoms with Crippen molar-refractivity contribution in [1.29, 1.82) is 0 Å². The largest absolute Gasteiger partial charge is 0.484 e. The summed E-state index contributed by atoms with van der Waals surface area (Å²) in [6.07, 6.45) is -3.04. The van der Waals surface area contributed by atoms with Crippen LogP contribution >= 0.6 is 0 Å². The molecule has 1 N–H and O–H groups in total. The highest BCUT2D eigenvalue weighted by atomic mass is 19.4. The van der Waals surface area contributed by atoms with E-state index in [1.54, 1.807) is 0 Å². The van der Waals surface area contributed by atoms with Crippen molar-refractivity contribution in [2.24, 2.45) is 0 Å². The van der Waals surface area contributed by atoms with E-state index >= 15 is 0 Å². The first-order valence-corrected chi connectivity index (χ1v) is 8.12. The number of hydrogen-bond acceptors (Lipinski definition) is 3. The minimum atomic E-state index is -4.48. The molecule has 0 radical (unpaired) electrons. The number of ether oxygens (including phenoxy) is 1. The summed E-state index contributed by atoms with van der Waals surface area (Å²) in [5, 5.41) is 2.68. The van der Waals surface area contributed by atoms with E-state index in [1.165, 1.54) is 17.0 Å². The first-order chi connectivity index (χ1) is 11.8. The van der Waals surface area contributed by atoms with Crippen LogP contribution in [0.5, 0.6) is 5.75 Å². The van der Waals surface area contributed by atoms with Crippen LogP contribution in [0.1, 0.15) is 32.3 Å². The molecule has 8 heteroatoms. The summed E-state index contributed by atoms with van der Waals surface area (Å²) >= 11 is 0. The van der Waals surface area contributed by atoms with Crippen molar-refractivity contribution in [2.75, 3.05) is 26.2 Å². The van der Waals surface area contributed by atoms with Gasteiger partial charge in [0.1, 0.15) is 5.75 Å². The van der Waals surface area contributed by atoms with Gasteiger partial charge < -0.3 is 15.0 Å². The first kappa shape index (κ1) is 20.8. The van der Waals surface area contributed by atoms with E-state index in [2.05, 4.69) is 5.32 Å². The molecule has 0 aromatic heterocycles. The molecule has 0 aliphatic heterocycles. The molecule has 0 saturated carbocycles. The summed E-state index contributed by atoms with van der Waals surface area (Å²) < 4.78 is 43.2. The Kier molecular flexibility index (Phi) is 8.24. The van der Waals surface area contributed by atoms with Crippen molar-refractivity contribution in [1.82, 2.24) is 10.2 Å². The number of rotatable bonds is 9. The number of nitrogens with one attached hydrogen (secondary N) is 1. The Bertz CT molecular complexity index is 577. The van der Waals surface area contributed by atoms with Crippen LogP contribution in [0.2, 0.25) is 0 Å². The summed E-state index contributed by atoms with van der Waals surface area (Å²) in [7, 11) is 0. The van der Waals surface area contributed by atoms with Gasteiger partial charge in [0.05, 0.1) is 12.1 Å². The summed E-state index contributed by atoms with van der Waals surface area (Å²) in [6.45, 7) is 4.13. The lowest BCUT2D eigenvalue weighted by Gasteiger charge is -2.21. The Morgan fingerprint density at radius 1 is 1.20 bits per heavy atom. The fraction of sp³-hybridized carbons (Fsp3) is 0.529. The molecule has 140 valence electrons. The van der Waals surface area contributed by atoms with E-state index in [4.69, 9.17) is 4.74 Å². The Labute approximate surface area is 145 Å². The van der Waals surface area contributed by atoms with E-state index < -0.39 is 24.3 Å². The van der Waals surface area contributed by atoms with E-state index in [0.717, 1.165) is 18.6 Å². The second kappa shape index (κ2) is 9.90. The van der Waals surface area contributed by atoms with Crippen LogP contribution in [-0.4, -0.2) is 43.0 Å². The number of nitrogens with zero attached hydrogens (tertiary/aromatic N) is 1. The normalized spacial score (nSPS) is 11.1. The molecule has 5 nitrogen and oxygen atoms in total. The van der Waals surface area contributed by atoms with Gasteiger partial charge in [0, 0.05) is 13.1 Å². The predicted molar refractivity (Wildman–Crippen MR) is 87.1 cm³/mol. The molecule has 0 saturated heterocycles. The predicted octanol–water partition coefficient (Wildman–Crippen LogP) is 2.85. The molecular formula is C17H23F3N2O3. The number of amides is 2. The average Bonchev–Trinajstić information content (AvgIpc) is 2.57. The summed E-state index contributed by atoms with van der Waals surface area (Å²) in [5.41, 5.74) is -0.846. The van der Waals surface area contributed by atoms with Crippen molar-refractivity contribution >= 4 is 11.8 Å². The maximum Gasteiger partial charge on any atom is 0.416 e. The lowest BCUT2D eigenvalue weighted by molar-refractivity contribution is -0.138. The smallest absolute Gasteiger partial charge is 0.416 e. The maximum atomic E-state index is 12.7. The molecule has 0 bridgehead atoms. The Morgan fingerprint density at radius 2 is 1.92 bits per heavy atom. The van der Waals surface area contributed by atoms with Gasteiger partial charge in [-0.15, -0.1) is 0 Å². The third-order valence-corrected chi connectivity index (χ3v) is 3.28. The minimum absolute atomic E-state index is 0.0462. The maximum absolute atomic E-state index is 12.7. The summed E-state index contributed by atoms with van der Waals surface area (Å²) in [6, 6.07) is 4.33. The zero-order valence-corrected chi connectivity index (χ0v) is 14.4. The lowest BCUT2D eigenvalue weighted by atomic mass is 10.2. The van der Waals surface area contributed by atoms with Crippen molar-refractivity contribution in [3.8, 4) is 5.75 Å². The molecule has 0 fully saturated rings. The SMILES string of the molecule is CCCNC(=O)CN(CCC)C(=O)COc1cccc(C(F)(F)F)c1. The minimum Gasteiger partial charge on any atom is -0.484 e. The highest BCUT2D eigenvalue weighted by Gasteiger charge is 2.30. The van der Waals surface area contributed by atoms with E-state index in [-0.39, 0.29) is 18.2 Å². The third-order valence-electron chi connectivity index (χ3n) is 3.28. The van der Waals surface area contributed by atoms with E-state index in [9.17, 15) is 22.8 Å². The number of halogens is 3. The zero-order chi connectivity index (χ0) is 18.9. The number of carbonyl (C=O) groups excluding carboxylic acids is 2. The molecule has 0 heterocycles. The molecule has 0 aliphatic rings. The van der Waals surface area contributed by atoms with Gasteiger partial charge in [0.25, 0.3) is 5.91 Å². The van der Waals surface area contributed by atoms with Gasteiger partial charge in [0.15, 0.2) is 6.61 Å². The zero-order valence-electron chi connectivity index (χ0n) is 14.4. The van der Waals surface area contributed by atoms with Crippen LogP contribution in [0.25, 0.3) is 0 Å². The highest BCUT2D eigenvalue weighted by Crippen LogP contribution is 2.31. The van der Waals surface area contributed by atoms with Crippen molar-refractivity contribution < 1.29 is 27.5 Å². The first-order valence-electron chi connectivity index (χ1n) is 8.12. The number of benzene rings is 1. The molecule has 0 spiro atoms. The Balaban J connectivity index is 2.64. The van der Waals surface area contributed by atoms with Crippen LogP contribution in [0.4, 0.5) is 13.2 Å². The average molecular weight is 360 g/mol. The van der Waals surface area contributed by atoms with Gasteiger partial charge in [-0.05, 0) is 31.0 Å². The van der Waals surface area contributed by atoms with E-state index in [0.29, 0.717) is 19.5 Å². The van der Waals surface area contributed by atoms with Crippen molar-refractivity contribution in [3.05, 3.63) is 29.8 Å². The van der Waals surface area contributed by atoms with Crippen molar-refractivity contribution in [2.45, 2.75) is 32.9 Å². The second-order valence-electron chi connectivity index (χ2n) is 5.48. The quantitative estimate of drug-likeness (QED) is 0.737. The molecule has 25 heavy (non-hydrogen) atoms. The molecular weight excluding hydrogens is 337 g/mol. The molecule has 2 amide bonds. The molecule has 1 aromatic carbocycles. The van der Waals surface area contributed by atoms with Crippen molar-refractivity contribution in [3.63, 3.8) is 0 Å². The molecule has 0 aliphatic carbocycles. The Morgan fingerprint density at radius 3 is 2.52 bits per heavy atom. The Hall–Kier alpha value is -2.25. The summed E-state index contributed by atoms with van der Waals surface area (Å²) in [4.78, 5) is 25.3. The second-order valence-corrected chi connectivity index (χ2v) is 5.48. The highest BCUT2D eigenvalue weighted by molar-refractivity contribution is 5.85. The van der Waals surface area contributed by atoms with Crippen LogP contribution in [-0.2, 0) is 15.8 Å². The topological polar surface area (TPSA) is 58.6 Å². The van der Waals surface area contributed by atoms with E-state index in [1.807, 2.05) is 13.8 Å². The molecule has 1 rings (SSSR count). The molecule has 0 unspecified atom stereocenters. The van der Waals surface area contributed by atoms with Gasteiger partial charge in [-0.1, -0.05) is 19.9 Å². The fourth-order valence-corrected chi connectivity index (χ4v) is 2.05. The van der Waals surface area contributed by atoms with Crippen LogP contribution in [0.3, 0.4) is 0 Å². The summed E-state index contributed by atoms with van der Waals surface area (Å²) in [5.74, 6) is -0.774. The van der Waals surface area contributed by atoms with Gasteiger partial charge in [-0.3, -0.25) is 9.59 Å². The van der Waals surface area contributed by atoms with Gasteiger partial charge >= 0.3 is 6.18 Å². The number of alkyl halides is 3. The van der Waals surface area contributed by atoms with Gasteiger partial charge in [-0.2, -0.15) is 13.2 Å². The monoisotopic (exact) mass is 360 g/mol. The lowest BCUT2D eigenvalue weighted by Crippen LogP contribution is -2.43. The molecule has 0 atom stereocenters.